The standard InChI is InChI=1S/C23H30N4O5S/c1-25(18-19-9-5-4-6-10-19)23(28)13-14-24-21-12-11-20(17-22(21)27(29)30)33(31,32)26-15-7-2-3-8-16-26/h4-6,9-12,17,24H,2-3,7-8,13-16,18H2,1H3. The molecule has 1 aliphatic heterocycles. The summed E-state index contributed by atoms with van der Waals surface area (Å²) < 4.78 is 27.4. The zero-order chi connectivity index (χ0) is 23.8. The van der Waals surface area contributed by atoms with Gasteiger partial charge in [-0.3, -0.25) is 14.9 Å². The van der Waals surface area contributed by atoms with Crippen molar-refractivity contribution in [3.63, 3.8) is 0 Å². The van der Waals surface area contributed by atoms with Gasteiger partial charge in [0.1, 0.15) is 5.69 Å². The first-order valence-electron chi connectivity index (χ1n) is 11.1. The summed E-state index contributed by atoms with van der Waals surface area (Å²) in [4.78, 5) is 24.9. The van der Waals surface area contributed by atoms with E-state index >= 15 is 0 Å². The zero-order valence-corrected chi connectivity index (χ0v) is 19.6. The molecule has 1 amide bonds. The van der Waals surface area contributed by atoms with Crippen molar-refractivity contribution in [2.24, 2.45) is 0 Å². The van der Waals surface area contributed by atoms with Crippen LogP contribution in [0.25, 0.3) is 0 Å². The van der Waals surface area contributed by atoms with E-state index in [1.807, 2.05) is 30.3 Å². The van der Waals surface area contributed by atoms with Crippen LogP contribution in [0.4, 0.5) is 11.4 Å². The van der Waals surface area contributed by atoms with Gasteiger partial charge in [0.25, 0.3) is 5.69 Å². The highest BCUT2D eigenvalue weighted by Gasteiger charge is 2.28. The number of nitro groups is 1. The number of carbonyl (C=O) groups excluding carboxylic acids is 1. The molecule has 3 rings (SSSR count). The molecule has 1 saturated heterocycles. The second kappa shape index (κ2) is 11.2. The molecule has 2 aromatic carbocycles. The van der Waals surface area contributed by atoms with Crippen molar-refractivity contribution in [2.75, 3.05) is 32.0 Å². The number of nitro benzene ring substituents is 1. The molecule has 178 valence electrons. The molecule has 0 spiro atoms. The summed E-state index contributed by atoms with van der Waals surface area (Å²) in [5.41, 5.74) is 0.877. The van der Waals surface area contributed by atoms with Crippen LogP contribution < -0.4 is 5.32 Å². The summed E-state index contributed by atoms with van der Waals surface area (Å²) in [6, 6.07) is 13.5. The molecule has 10 heteroatoms. The third-order valence-electron chi connectivity index (χ3n) is 5.71. The molecule has 9 nitrogen and oxygen atoms in total. The lowest BCUT2D eigenvalue weighted by Gasteiger charge is -2.20. The van der Waals surface area contributed by atoms with Crippen molar-refractivity contribution >= 4 is 27.3 Å². The van der Waals surface area contributed by atoms with Gasteiger partial charge >= 0.3 is 0 Å². The molecule has 0 saturated carbocycles. The van der Waals surface area contributed by atoms with E-state index in [9.17, 15) is 23.3 Å². The van der Waals surface area contributed by atoms with Gasteiger partial charge in [0.15, 0.2) is 0 Å². The Labute approximate surface area is 194 Å². The Morgan fingerprint density at radius 2 is 1.76 bits per heavy atom. The Kier molecular flexibility index (Phi) is 8.40. The predicted molar refractivity (Wildman–Crippen MR) is 126 cm³/mol. The summed E-state index contributed by atoms with van der Waals surface area (Å²) >= 11 is 0. The maximum Gasteiger partial charge on any atom is 0.293 e. The minimum atomic E-state index is -3.79. The predicted octanol–water partition coefficient (Wildman–Crippen LogP) is 3.62. The molecule has 33 heavy (non-hydrogen) atoms. The van der Waals surface area contributed by atoms with Gasteiger partial charge in [-0.25, -0.2) is 8.42 Å². The second-order valence-electron chi connectivity index (χ2n) is 8.17. The van der Waals surface area contributed by atoms with Gasteiger partial charge in [-0.2, -0.15) is 4.31 Å². The fourth-order valence-corrected chi connectivity index (χ4v) is 5.38. The van der Waals surface area contributed by atoms with Gasteiger partial charge in [-0.15, -0.1) is 0 Å². The number of amides is 1. The van der Waals surface area contributed by atoms with Crippen molar-refractivity contribution in [2.45, 2.75) is 43.5 Å². The Bertz CT molecular complexity index is 1070. The summed E-state index contributed by atoms with van der Waals surface area (Å²) in [6.07, 6.45) is 3.68. The number of anilines is 1. The Morgan fingerprint density at radius 3 is 2.39 bits per heavy atom. The maximum atomic E-state index is 13.0. The molecule has 0 unspecified atom stereocenters. The van der Waals surface area contributed by atoms with Crippen molar-refractivity contribution in [3.05, 3.63) is 64.2 Å². The Morgan fingerprint density at radius 1 is 1.09 bits per heavy atom. The molecule has 2 aromatic rings. The van der Waals surface area contributed by atoms with E-state index in [1.54, 1.807) is 11.9 Å². The topological polar surface area (TPSA) is 113 Å². The van der Waals surface area contributed by atoms with Crippen molar-refractivity contribution in [3.8, 4) is 0 Å². The smallest absolute Gasteiger partial charge is 0.293 e. The van der Waals surface area contributed by atoms with E-state index in [4.69, 9.17) is 0 Å². The van der Waals surface area contributed by atoms with Crippen LogP contribution in [-0.4, -0.2) is 55.1 Å². The SMILES string of the molecule is CN(Cc1ccccc1)C(=O)CCNc1ccc(S(=O)(=O)N2CCCCCC2)cc1[N+](=O)[O-]. The molecule has 0 atom stereocenters. The highest BCUT2D eigenvalue weighted by atomic mass is 32.2. The molecule has 0 bridgehead atoms. The highest BCUT2D eigenvalue weighted by molar-refractivity contribution is 7.89. The Balaban J connectivity index is 1.64. The monoisotopic (exact) mass is 474 g/mol. The van der Waals surface area contributed by atoms with Crippen LogP contribution in [0, 0.1) is 10.1 Å². The summed E-state index contributed by atoms with van der Waals surface area (Å²) in [5.74, 6) is -0.102. The molecule has 1 fully saturated rings. The van der Waals surface area contributed by atoms with E-state index in [0.29, 0.717) is 19.6 Å². The van der Waals surface area contributed by atoms with Crippen molar-refractivity contribution < 1.29 is 18.1 Å². The van der Waals surface area contributed by atoms with E-state index in [2.05, 4.69) is 5.32 Å². The molecule has 1 heterocycles. The maximum absolute atomic E-state index is 13.0. The summed E-state index contributed by atoms with van der Waals surface area (Å²) in [7, 11) is -2.08. The fourth-order valence-electron chi connectivity index (χ4n) is 3.84. The third-order valence-corrected chi connectivity index (χ3v) is 7.61. The van der Waals surface area contributed by atoms with E-state index in [0.717, 1.165) is 37.3 Å². The number of sulfonamides is 1. The van der Waals surface area contributed by atoms with Crippen LogP contribution >= 0.6 is 0 Å². The van der Waals surface area contributed by atoms with E-state index in [1.165, 1.54) is 16.4 Å². The first-order chi connectivity index (χ1) is 15.8. The first kappa shape index (κ1) is 24.7. The number of hydrogen-bond donors (Lipinski definition) is 1. The first-order valence-corrected chi connectivity index (χ1v) is 12.5. The second-order valence-corrected chi connectivity index (χ2v) is 10.1. The van der Waals surface area contributed by atoms with Crippen molar-refractivity contribution in [1.82, 2.24) is 9.21 Å². The minimum Gasteiger partial charge on any atom is -0.379 e. The van der Waals surface area contributed by atoms with Gasteiger partial charge in [-0.1, -0.05) is 43.2 Å². The lowest BCUT2D eigenvalue weighted by molar-refractivity contribution is -0.384. The lowest BCUT2D eigenvalue weighted by atomic mass is 10.2. The normalized spacial score (nSPS) is 14.9. The molecule has 1 N–H and O–H groups in total. The van der Waals surface area contributed by atoms with E-state index < -0.39 is 14.9 Å². The summed E-state index contributed by atoms with van der Waals surface area (Å²) in [6.45, 7) is 1.52. The minimum absolute atomic E-state index is 0.0830. The van der Waals surface area contributed by atoms with Gasteiger partial charge in [0, 0.05) is 45.7 Å². The third kappa shape index (κ3) is 6.52. The van der Waals surface area contributed by atoms with Crippen LogP contribution in [-0.2, 0) is 21.4 Å². The highest BCUT2D eigenvalue weighted by Crippen LogP contribution is 2.30. The van der Waals surface area contributed by atoms with Gasteiger partial charge in [-0.05, 0) is 30.5 Å². The molecule has 1 aliphatic rings. The number of nitrogens with zero attached hydrogens (tertiary/aromatic N) is 3. The average molecular weight is 475 g/mol. The largest absolute Gasteiger partial charge is 0.379 e. The number of carbonyl (C=O) groups is 1. The lowest BCUT2D eigenvalue weighted by Crippen LogP contribution is -2.32. The van der Waals surface area contributed by atoms with Crippen molar-refractivity contribution in [1.29, 1.82) is 0 Å². The van der Waals surface area contributed by atoms with Crippen LogP contribution in [0.2, 0.25) is 0 Å². The zero-order valence-electron chi connectivity index (χ0n) is 18.8. The van der Waals surface area contributed by atoms with Crippen LogP contribution in [0.15, 0.2) is 53.4 Å². The molecular weight excluding hydrogens is 444 g/mol. The summed E-state index contributed by atoms with van der Waals surface area (Å²) in [5, 5.41) is 14.5. The van der Waals surface area contributed by atoms with E-state index in [-0.39, 0.29) is 35.1 Å². The number of nitrogens with one attached hydrogen (secondary N) is 1. The fraction of sp³-hybridized carbons (Fsp3) is 0.435. The number of benzene rings is 2. The van der Waals surface area contributed by atoms with Crippen LogP contribution in [0.3, 0.4) is 0 Å². The van der Waals surface area contributed by atoms with Gasteiger partial charge in [0.2, 0.25) is 15.9 Å². The molecule has 0 aromatic heterocycles. The Hall–Kier alpha value is -2.98. The average Bonchev–Trinajstić information content (AvgIpc) is 3.10. The van der Waals surface area contributed by atoms with Crippen LogP contribution in [0.1, 0.15) is 37.7 Å². The molecule has 0 aliphatic carbocycles. The number of hydrogen-bond acceptors (Lipinski definition) is 6. The quantitative estimate of drug-likeness (QED) is 0.439. The molecular formula is C23H30N4O5S. The molecule has 0 radical (unpaired) electrons. The number of rotatable bonds is 9. The van der Waals surface area contributed by atoms with Gasteiger partial charge < -0.3 is 10.2 Å². The van der Waals surface area contributed by atoms with Gasteiger partial charge in [0.05, 0.1) is 9.82 Å². The van der Waals surface area contributed by atoms with Crippen LogP contribution in [0.5, 0.6) is 0 Å².